The van der Waals surface area contributed by atoms with Crippen LogP contribution in [0.4, 0.5) is 10.3 Å². The van der Waals surface area contributed by atoms with E-state index in [0.717, 1.165) is 0 Å². The topological polar surface area (TPSA) is 59.8 Å². The van der Waals surface area contributed by atoms with E-state index in [4.69, 9.17) is 0 Å². The maximum absolute atomic E-state index is 12.9. The van der Waals surface area contributed by atoms with E-state index < -0.39 is 0 Å². The Kier molecular flexibility index (Phi) is 3.10. The molecule has 1 heterocycles. The first-order chi connectivity index (χ1) is 8.47. The van der Waals surface area contributed by atoms with Gasteiger partial charge in [-0.3, -0.25) is 10.1 Å². The van der Waals surface area contributed by atoms with Crippen molar-refractivity contribution in [3.63, 3.8) is 0 Å². The SMILES string of the molecule is Cc1nc(NC(=O)c2ccc(F)cc2C)n(C)n1. The third-order valence-corrected chi connectivity index (χ3v) is 2.53. The molecule has 0 aliphatic carbocycles. The summed E-state index contributed by atoms with van der Waals surface area (Å²) in [5, 5.41) is 6.66. The minimum absolute atomic E-state index is 0.331. The zero-order chi connectivity index (χ0) is 13.3. The van der Waals surface area contributed by atoms with Crippen LogP contribution in [0.1, 0.15) is 21.7 Å². The van der Waals surface area contributed by atoms with Gasteiger partial charge in [-0.15, -0.1) is 0 Å². The Bertz CT molecular complexity index is 606. The third-order valence-electron chi connectivity index (χ3n) is 2.53. The molecule has 0 aliphatic heterocycles. The molecule has 18 heavy (non-hydrogen) atoms. The molecule has 0 bridgehead atoms. The first kappa shape index (κ1) is 12.2. The molecular formula is C12H13FN4O. The molecule has 0 unspecified atom stereocenters. The molecular weight excluding hydrogens is 235 g/mol. The van der Waals surface area contributed by atoms with Gasteiger partial charge in [0.25, 0.3) is 5.91 Å². The number of carbonyl (C=O) groups is 1. The van der Waals surface area contributed by atoms with Crippen LogP contribution in [0.5, 0.6) is 0 Å². The number of nitrogens with zero attached hydrogens (tertiary/aromatic N) is 3. The van der Waals surface area contributed by atoms with Gasteiger partial charge in [-0.25, -0.2) is 9.07 Å². The number of halogens is 1. The first-order valence-corrected chi connectivity index (χ1v) is 5.42. The summed E-state index contributed by atoms with van der Waals surface area (Å²) in [7, 11) is 1.69. The van der Waals surface area contributed by atoms with Crippen LogP contribution in [0, 0.1) is 19.7 Å². The van der Waals surface area contributed by atoms with Crippen molar-refractivity contribution >= 4 is 11.9 Å². The number of rotatable bonds is 2. The van der Waals surface area contributed by atoms with Gasteiger partial charge < -0.3 is 0 Å². The van der Waals surface area contributed by atoms with Crippen molar-refractivity contribution in [1.82, 2.24) is 14.8 Å². The Morgan fingerprint density at radius 3 is 2.67 bits per heavy atom. The van der Waals surface area contributed by atoms with Gasteiger partial charge in [-0.1, -0.05) is 0 Å². The summed E-state index contributed by atoms with van der Waals surface area (Å²) in [6.45, 7) is 3.42. The van der Waals surface area contributed by atoms with Crippen LogP contribution in [0.25, 0.3) is 0 Å². The molecule has 1 amide bonds. The fraction of sp³-hybridized carbons (Fsp3) is 0.250. The van der Waals surface area contributed by atoms with Crippen molar-refractivity contribution in [2.24, 2.45) is 7.05 Å². The molecule has 6 heteroatoms. The van der Waals surface area contributed by atoms with Crippen LogP contribution in [0.15, 0.2) is 18.2 Å². The lowest BCUT2D eigenvalue weighted by molar-refractivity contribution is 0.102. The van der Waals surface area contributed by atoms with E-state index >= 15 is 0 Å². The number of carbonyl (C=O) groups excluding carboxylic acids is 1. The highest BCUT2D eigenvalue weighted by molar-refractivity contribution is 6.04. The smallest absolute Gasteiger partial charge is 0.258 e. The van der Waals surface area contributed by atoms with Gasteiger partial charge >= 0.3 is 0 Å². The summed E-state index contributed by atoms with van der Waals surface area (Å²) in [6, 6.07) is 4.02. The highest BCUT2D eigenvalue weighted by Crippen LogP contribution is 2.12. The molecule has 94 valence electrons. The number of anilines is 1. The number of nitrogens with one attached hydrogen (secondary N) is 1. The van der Waals surface area contributed by atoms with Gasteiger partial charge in [0.2, 0.25) is 5.95 Å². The van der Waals surface area contributed by atoms with Gasteiger partial charge in [-0.05, 0) is 37.6 Å². The van der Waals surface area contributed by atoms with Gasteiger partial charge in [0.05, 0.1) is 0 Å². The van der Waals surface area contributed by atoms with Crippen LogP contribution >= 0.6 is 0 Å². The number of benzene rings is 1. The van der Waals surface area contributed by atoms with Crippen LogP contribution in [-0.4, -0.2) is 20.7 Å². The van der Waals surface area contributed by atoms with Crippen molar-refractivity contribution in [2.75, 3.05) is 5.32 Å². The second-order valence-corrected chi connectivity index (χ2v) is 4.02. The number of aromatic nitrogens is 3. The minimum atomic E-state index is -0.362. The van der Waals surface area contributed by atoms with Crippen LogP contribution in [0.2, 0.25) is 0 Å². The molecule has 0 saturated carbocycles. The standard InChI is InChI=1S/C12H13FN4O/c1-7-6-9(13)4-5-10(7)11(18)15-12-14-8(2)16-17(12)3/h4-6H,1-3H3,(H,14,15,16,18). The molecule has 0 spiro atoms. The van der Waals surface area contributed by atoms with Crippen LogP contribution in [0.3, 0.4) is 0 Å². The van der Waals surface area contributed by atoms with Crippen molar-refractivity contribution < 1.29 is 9.18 Å². The zero-order valence-electron chi connectivity index (χ0n) is 10.4. The van der Waals surface area contributed by atoms with Crippen molar-refractivity contribution in [3.8, 4) is 0 Å². The lowest BCUT2D eigenvalue weighted by Gasteiger charge is -2.06. The minimum Gasteiger partial charge on any atom is -0.291 e. The first-order valence-electron chi connectivity index (χ1n) is 5.42. The molecule has 0 atom stereocenters. The van der Waals surface area contributed by atoms with Gasteiger partial charge in [0.1, 0.15) is 11.6 Å². The quantitative estimate of drug-likeness (QED) is 0.881. The number of amides is 1. The summed E-state index contributed by atoms with van der Waals surface area (Å²) < 4.78 is 14.4. The highest BCUT2D eigenvalue weighted by Gasteiger charge is 2.13. The summed E-state index contributed by atoms with van der Waals surface area (Å²) in [5.74, 6) is 0.242. The Hall–Kier alpha value is -2.24. The van der Waals surface area contributed by atoms with Crippen molar-refractivity contribution in [3.05, 3.63) is 41.0 Å². The highest BCUT2D eigenvalue weighted by atomic mass is 19.1. The van der Waals surface area contributed by atoms with E-state index in [2.05, 4.69) is 15.4 Å². The van der Waals surface area contributed by atoms with Crippen LogP contribution < -0.4 is 5.32 Å². The average Bonchev–Trinajstić information content (AvgIpc) is 2.57. The van der Waals surface area contributed by atoms with E-state index in [0.29, 0.717) is 22.9 Å². The Labute approximate surface area is 104 Å². The predicted octanol–water partition coefficient (Wildman–Crippen LogP) is 1.82. The molecule has 2 aromatic rings. The second kappa shape index (κ2) is 4.56. The average molecular weight is 248 g/mol. The third kappa shape index (κ3) is 2.37. The molecule has 5 nitrogen and oxygen atoms in total. The van der Waals surface area contributed by atoms with E-state index in [1.54, 1.807) is 20.9 Å². The van der Waals surface area contributed by atoms with Crippen molar-refractivity contribution in [1.29, 1.82) is 0 Å². The molecule has 0 saturated heterocycles. The van der Waals surface area contributed by atoms with Crippen molar-refractivity contribution in [2.45, 2.75) is 13.8 Å². The fourth-order valence-electron chi connectivity index (χ4n) is 1.67. The molecule has 0 aliphatic rings. The maximum atomic E-state index is 12.9. The Morgan fingerprint density at radius 2 is 2.11 bits per heavy atom. The molecule has 0 radical (unpaired) electrons. The maximum Gasteiger partial charge on any atom is 0.258 e. The summed E-state index contributed by atoms with van der Waals surface area (Å²) in [6.07, 6.45) is 0. The molecule has 1 N–H and O–H groups in total. The van der Waals surface area contributed by atoms with Crippen LogP contribution in [-0.2, 0) is 7.05 Å². The van der Waals surface area contributed by atoms with E-state index in [1.807, 2.05) is 0 Å². The second-order valence-electron chi connectivity index (χ2n) is 4.02. The lowest BCUT2D eigenvalue weighted by Crippen LogP contribution is -2.16. The molecule has 1 aromatic carbocycles. The Balaban J connectivity index is 2.24. The number of hydrogen-bond donors (Lipinski definition) is 1. The van der Waals surface area contributed by atoms with E-state index in [1.165, 1.54) is 22.9 Å². The fourth-order valence-corrected chi connectivity index (χ4v) is 1.67. The number of aryl methyl sites for hydroxylation is 3. The van der Waals surface area contributed by atoms with Gasteiger partial charge in [-0.2, -0.15) is 10.1 Å². The normalized spacial score (nSPS) is 10.4. The summed E-state index contributed by atoms with van der Waals surface area (Å²) in [4.78, 5) is 16.1. The molecule has 2 rings (SSSR count). The van der Waals surface area contributed by atoms with E-state index in [9.17, 15) is 9.18 Å². The number of hydrogen-bond acceptors (Lipinski definition) is 3. The Morgan fingerprint density at radius 1 is 1.39 bits per heavy atom. The molecule has 1 aromatic heterocycles. The monoisotopic (exact) mass is 248 g/mol. The van der Waals surface area contributed by atoms with E-state index in [-0.39, 0.29) is 11.7 Å². The lowest BCUT2D eigenvalue weighted by atomic mass is 10.1. The molecule has 0 fully saturated rings. The van der Waals surface area contributed by atoms with Gasteiger partial charge in [0.15, 0.2) is 0 Å². The predicted molar refractivity (Wildman–Crippen MR) is 64.8 cm³/mol. The van der Waals surface area contributed by atoms with Gasteiger partial charge in [0, 0.05) is 12.6 Å². The summed E-state index contributed by atoms with van der Waals surface area (Å²) >= 11 is 0. The summed E-state index contributed by atoms with van der Waals surface area (Å²) in [5.41, 5.74) is 0.989. The largest absolute Gasteiger partial charge is 0.291 e. The zero-order valence-corrected chi connectivity index (χ0v) is 10.4.